The number of rotatable bonds is 3. The molecular formula is C15H17BrN2O2. The Labute approximate surface area is 126 Å². The molecule has 0 aliphatic rings. The minimum Gasteiger partial charge on any atom is -0.462 e. The maximum Gasteiger partial charge on any atom is 0.341 e. The molecule has 0 aliphatic carbocycles. The van der Waals surface area contributed by atoms with Gasteiger partial charge >= 0.3 is 5.97 Å². The Morgan fingerprint density at radius 2 is 2.15 bits per heavy atom. The van der Waals surface area contributed by atoms with Crippen LogP contribution in [0.15, 0.2) is 16.7 Å². The van der Waals surface area contributed by atoms with Crippen molar-refractivity contribution in [3.05, 3.63) is 33.4 Å². The number of pyridine rings is 1. The van der Waals surface area contributed by atoms with Gasteiger partial charge in [-0.2, -0.15) is 0 Å². The minimum atomic E-state index is -0.359. The number of nitrogens with one attached hydrogen (secondary N) is 1. The molecule has 2 aromatic rings. The minimum absolute atomic E-state index is 0.344. The number of fused-ring (bicyclic) bond motifs is 1. The van der Waals surface area contributed by atoms with E-state index < -0.39 is 0 Å². The molecule has 0 atom stereocenters. The van der Waals surface area contributed by atoms with E-state index in [4.69, 9.17) is 4.74 Å². The van der Waals surface area contributed by atoms with E-state index in [0.29, 0.717) is 12.2 Å². The van der Waals surface area contributed by atoms with Crippen molar-refractivity contribution >= 4 is 38.5 Å². The van der Waals surface area contributed by atoms with Gasteiger partial charge in [-0.3, -0.25) is 4.98 Å². The highest BCUT2D eigenvalue weighted by Gasteiger charge is 2.18. The maximum atomic E-state index is 12.0. The van der Waals surface area contributed by atoms with Crippen molar-refractivity contribution in [1.82, 2.24) is 4.98 Å². The first-order valence-corrected chi connectivity index (χ1v) is 7.23. The highest BCUT2D eigenvalue weighted by atomic mass is 79.9. The molecule has 106 valence electrons. The van der Waals surface area contributed by atoms with Gasteiger partial charge in [0.15, 0.2) is 0 Å². The van der Waals surface area contributed by atoms with Crippen LogP contribution in [0, 0.1) is 13.8 Å². The Kier molecular flexibility index (Phi) is 4.28. The number of hydrogen-bond acceptors (Lipinski definition) is 4. The van der Waals surface area contributed by atoms with Crippen molar-refractivity contribution in [1.29, 1.82) is 0 Å². The van der Waals surface area contributed by atoms with Gasteiger partial charge in [0.1, 0.15) is 5.56 Å². The van der Waals surface area contributed by atoms with E-state index in [1.807, 2.05) is 19.9 Å². The predicted octanol–water partition coefficient (Wildman–Crippen LogP) is 3.83. The lowest BCUT2D eigenvalue weighted by atomic mass is 10.0. The SMILES string of the molecule is CCOC(=O)c1cnc2cc(C)c(Br)c(C)c2c1NC. The monoisotopic (exact) mass is 336 g/mol. The van der Waals surface area contributed by atoms with Crippen LogP contribution in [-0.2, 0) is 4.74 Å². The number of hydrogen-bond donors (Lipinski definition) is 1. The third-order valence-corrected chi connectivity index (χ3v) is 4.48. The molecule has 20 heavy (non-hydrogen) atoms. The van der Waals surface area contributed by atoms with E-state index in [-0.39, 0.29) is 5.97 Å². The molecule has 1 N–H and O–H groups in total. The van der Waals surface area contributed by atoms with E-state index in [9.17, 15) is 4.79 Å². The molecule has 0 aliphatic heterocycles. The average Bonchev–Trinajstić information content (AvgIpc) is 2.43. The highest BCUT2D eigenvalue weighted by molar-refractivity contribution is 9.10. The molecule has 1 aromatic carbocycles. The Morgan fingerprint density at radius 1 is 1.45 bits per heavy atom. The zero-order chi connectivity index (χ0) is 14.9. The first-order valence-electron chi connectivity index (χ1n) is 6.44. The van der Waals surface area contributed by atoms with Crippen LogP contribution in [0.25, 0.3) is 10.9 Å². The first kappa shape index (κ1) is 14.8. The average molecular weight is 337 g/mol. The fraction of sp³-hybridized carbons (Fsp3) is 0.333. The number of halogens is 1. The number of aryl methyl sites for hydroxylation is 2. The summed E-state index contributed by atoms with van der Waals surface area (Å²) in [5, 5.41) is 4.04. The number of nitrogens with zero attached hydrogens (tertiary/aromatic N) is 1. The van der Waals surface area contributed by atoms with Crippen LogP contribution in [0.3, 0.4) is 0 Å². The van der Waals surface area contributed by atoms with Crippen LogP contribution in [0.1, 0.15) is 28.4 Å². The lowest BCUT2D eigenvalue weighted by molar-refractivity contribution is 0.0527. The van der Waals surface area contributed by atoms with Crippen LogP contribution >= 0.6 is 15.9 Å². The largest absolute Gasteiger partial charge is 0.462 e. The summed E-state index contributed by atoms with van der Waals surface area (Å²) in [5.41, 5.74) is 4.25. The fourth-order valence-corrected chi connectivity index (χ4v) is 2.62. The van der Waals surface area contributed by atoms with E-state index >= 15 is 0 Å². The van der Waals surface area contributed by atoms with Gasteiger partial charge in [0.05, 0.1) is 17.8 Å². The molecule has 0 saturated carbocycles. The molecule has 1 aromatic heterocycles. The van der Waals surface area contributed by atoms with Gasteiger partial charge in [-0.1, -0.05) is 15.9 Å². The number of benzene rings is 1. The topological polar surface area (TPSA) is 51.2 Å². The standard InChI is InChI=1S/C15H17BrN2O2/c1-5-20-15(19)10-7-18-11-6-8(2)13(16)9(3)12(11)14(10)17-4/h6-7H,5H2,1-4H3,(H,17,18). The predicted molar refractivity (Wildman–Crippen MR) is 84.4 cm³/mol. The van der Waals surface area contributed by atoms with Crippen LogP contribution in [0.4, 0.5) is 5.69 Å². The van der Waals surface area contributed by atoms with Gasteiger partial charge in [0.2, 0.25) is 0 Å². The van der Waals surface area contributed by atoms with Gasteiger partial charge in [-0.05, 0) is 38.0 Å². The summed E-state index contributed by atoms with van der Waals surface area (Å²) >= 11 is 3.58. The summed E-state index contributed by atoms with van der Waals surface area (Å²) < 4.78 is 6.11. The second-order valence-corrected chi connectivity index (χ2v) is 5.34. The number of ether oxygens (including phenoxy) is 1. The molecular weight excluding hydrogens is 320 g/mol. The van der Waals surface area contributed by atoms with Gasteiger partial charge in [-0.25, -0.2) is 4.79 Å². The molecule has 0 radical (unpaired) electrons. The number of aromatic nitrogens is 1. The van der Waals surface area contributed by atoms with Crippen molar-refractivity contribution in [3.63, 3.8) is 0 Å². The Bertz CT molecular complexity index is 683. The molecule has 0 unspecified atom stereocenters. The molecule has 1 heterocycles. The van der Waals surface area contributed by atoms with Crippen molar-refractivity contribution in [3.8, 4) is 0 Å². The summed E-state index contributed by atoms with van der Waals surface area (Å²) in [6, 6.07) is 2.00. The smallest absolute Gasteiger partial charge is 0.341 e. The molecule has 0 spiro atoms. The van der Waals surface area contributed by atoms with E-state index in [1.165, 1.54) is 0 Å². The van der Waals surface area contributed by atoms with E-state index in [1.54, 1.807) is 20.2 Å². The summed E-state index contributed by atoms with van der Waals surface area (Å²) in [6.07, 6.45) is 1.57. The van der Waals surface area contributed by atoms with Gasteiger partial charge < -0.3 is 10.1 Å². The summed E-state index contributed by atoms with van der Waals surface area (Å²) in [4.78, 5) is 16.4. The van der Waals surface area contributed by atoms with Crippen molar-refractivity contribution < 1.29 is 9.53 Å². The number of carbonyl (C=O) groups excluding carboxylic acids is 1. The normalized spacial score (nSPS) is 10.7. The second kappa shape index (κ2) is 5.79. The number of esters is 1. The highest BCUT2D eigenvalue weighted by Crippen LogP contribution is 2.34. The summed E-state index contributed by atoms with van der Waals surface area (Å²) in [6.45, 7) is 6.17. The number of anilines is 1. The van der Waals surface area contributed by atoms with Crippen LogP contribution in [0.2, 0.25) is 0 Å². The van der Waals surface area contributed by atoms with Crippen molar-refractivity contribution in [2.75, 3.05) is 19.0 Å². The fourth-order valence-electron chi connectivity index (χ4n) is 2.31. The van der Waals surface area contributed by atoms with E-state index in [0.717, 1.165) is 32.2 Å². The molecule has 2 rings (SSSR count). The molecule has 0 saturated heterocycles. The third kappa shape index (κ3) is 2.38. The summed E-state index contributed by atoms with van der Waals surface area (Å²) in [5.74, 6) is -0.359. The third-order valence-electron chi connectivity index (χ3n) is 3.26. The molecule has 0 bridgehead atoms. The zero-order valence-electron chi connectivity index (χ0n) is 12.0. The van der Waals surface area contributed by atoms with Crippen LogP contribution < -0.4 is 5.32 Å². The van der Waals surface area contributed by atoms with E-state index in [2.05, 4.69) is 26.2 Å². The lowest BCUT2D eigenvalue weighted by Gasteiger charge is -2.15. The Hall–Kier alpha value is -1.62. The Morgan fingerprint density at radius 3 is 2.75 bits per heavy atom. The van der Waals surface area contributed by atoms with Gasteiger partial charge in [0, 0.05) is 23.1 Å². The molecule has 0 fully saturated rings. The van der Waals surface area contributed by atoms with Crippen molar-refractivity contribution in [2.24, 2.45) is 0 Å². The maximum absolute atomic E-state index is 12.0. The number of carbonyl (C=O) groups is 1. The quantitative estimate of drug-likeness (QED) is 0.865. The Balaban J connectivity index is 2.79. The second-order valence-electron chi connectivity index (χ2n) is 4.54. The molecule has 0 amide bonds. The first-order chi connectivity index (χ1) is 9.51. The van der Waals surface area contributed by atoms with Crippen LogP contribution in [-0.4, -0.2) is 24.6 Å². The van der Waals surface area contributed by atoms with Crippen molar-refractivity contribution in [2.45, 2.75) is 20.8 Å². The van der Waals surface area contributed by atoms with Crippen LogP contribution in [0.5, 0.6) is 0 Å². The lowest BCUT2D eigenvalue weighted by Crippen LogP contribution is -2.10. The summed E-state index contributed by atoms with van der Waals surface area (Å²) in [7, 11) is 1.80. The van der Waals surface area contributed by atoms with Gasteiger partial charge in [-0.15, -0.1) is 0 Å². The van der Waals surface area contributed by atoms with Gasteiger partial charge in [0.25, 0.3) is 0 Å². The molecule has 5 heteroatoms. The molecule has 4 nitrogen and oxygen atoms in total. The zero-order valence-corrected chi connectivity index (χ0v) is 13.6.